The Hall–Kier alpha value is -2.82. The van der Waals surface area contributed by atoms with Gasteiger partial charge in [0.15, 0.2) is 0 Å². The van der Waals surface area contributed by atoms with E-state index >= 15 is 0 Å². The first-order chi connectivity index (χ1) is 13.7. The maximum atomic E-state index is 12.7. The topological polar surface area (TPSA) is 58.6 Å². The van der Waals surface area contributed by atoms with E-state index in [-0.39, 0.29) is 11.8 Å². The molecule has 1 N–H and O–H groups in total. The van der Waals surface area contributed by atoms with Gasteiger partial charge in [0.2, 0.25) is 5.91 Å². The predicted octanol–water partition coefficient (Wildman–Crippen LogP) is 3.35. The molecule has 1 heterocycles. The second-order valence-electron chi connectivity index (χ2n) is 7.70. The molecule has 2 aliphatic rings. The van der Waals surface area contributed by atoms with Crippen LogP contribution < -0.4 is 10.1 Å². The van der Waals surface area contributed by atoms with Crippen LogP contribution in [0.25, 0.3) is 11.1 Å². The van der Waals surface area contributed by atoms with Crippen LogP contribution in [-0.2, 0) is 4.79 Å². The molecule has 2 fully saturated rings. The van der Waals surface area contributed by atoms with Crippen molar-refractivity contribution >= 4 is 11.8 Å². The monoisotopic (exact) mass is 378 g/mol. The third kappa shape index (κ3) is 4.03. The van der Waals surface area contributed by atoms with E-state index in [2.05, 4.69) is 5.32 Å². The van der Waals surface area contributed by atoms with E-state index in [0.717, 1.165) is 43.5 Å². The molecule has 1 atom stereocenters. The lowest BCUT2D eigenvalue weighted by atomic mass is 10.0. The highest BCUT2D eigenvalue weighted by atomic mass is 16.5. The first kappa shape index (κ1) is 18.5. The van der Waals surface area contributed by atoms with Crippen LogP contribution in [-0.4, -0.2) is 43.5 Å². The molecule has 4 rings (SSSR count). The zero-order valence-electron chi connectivity index (χ0n) is 16.2. The molecule has 146 valence electrons. The number of hydrogen-bond donors (Lipinski definition) is 1. The molecule has 0 aromatic heterocycles. The van der Waals surface area contributed by atoms with E-state index in [9.17, 15) is 9.59 Å². The number of benzene rings is 2. The summed E-state index contributed by atoms with van der Waals surface area (Å²) >= 11 is 0. The molecule has 5 heteroatoms. The van der Waals surface area contributed by atoms with Crippen LogP contribution in [0.3, 0.4) is 0 Å². The van der Waals surface area contributed by atoms with Crippen molar-refractivity contribution in [2.45, 2.75) is 19.3 Å². The lowest BCUT2D eigenvalue weighted by Crippen LogP contribution is -2.33. The Balaban J connectivity index is 1.37. The lowest BCUT2D eigenvalue weighted by Gasteiger charge is -2.17. The van der Waals surface area contributed by atoms with Crippen molar-refractivity contribution in [1.82, 2.24) is 10.2 Å². The molecule has 1 aliphatic heterocycles. The summed E-state index contributed by atoms with van der Waals surface area (Å²) in [6, 6.07) is 15.7. The highest BCUT2D eigenvalue weighted by Crippen LogP contribution is 2.33. The molecule has 5 nitrogen and oxygen atoms in total. The molecule has 2 amide bonds. The van der Waals surface area contributed by atoms with Gasteiger partial charge >= 0.3 is 0 Å². The number of ether oxygens (including phenoxy) is 1. The van der Waals surface area contributed by atoms with Crippen molar-refractivity contribution in [3.63, 3.8) is 0 Å². The summed E-state index contributed by atoms with van der Waals surface area (Å²) in [7, 11) is 1.58. The maximum absolute atomic E-state index is 12.7. The fourth-order valence-corrected chi connectivity index (χ4v) is 3.81. The Labute approximate surface area is 165 Å². The summed E-state index contributed by atoms with van der Waals surface area (Å²) in [4.78, 5) is 26.8. The number of hydrogen-bond acceptors (Lipinski definition) is 3. The minimum absolute atomic E-state index is 0.136. The molecule has 1 aliphatic carbocycles. The van der Waals surface area contributed by atoms with Crippen molar-refractivity contribution in [2.75, 3.05) is 26.7 Å². The van der Waals surface area contributed by atoms with Gasteiger partial charge in [-0.2, -0.15) is 0 Å². The molecule has 0 spiro atoms. The summed E-state index contributed by atoms with van der Waals surface area (Å²) in [6.07, 6.45) is 3.02. The van der Waals surface area contributed by atoms with Gasteiger partial charge in [-0.3, -0.25) is 9.59 Å². The minimum atomic E-state index is -0.136. The van der Waals surface area contributed by atoms with Crippen LogP contribution in [0.4, 0.5) is 0 Å². The number of amides is 2. The van der Waals surface area contributed by atoms with Crippen LogP contribution in [0.5, 0.6) is 5.75 Å². The molecule has 2 aromatic carbocycles. The SMILES string of the molecule is COc1cc(-c2ccccc2)ccc1C(=O)NC[C@@H]1CCN(C(=O)C2CC2)C1. The third-order valence-corrected chi connectivity index (χ3v) is 5.63. The van der Waals surface area contributed by atoms with Gasteiger partial charge in [-0.05, 0) is 48.4 Å². The number of nitrogens with one attached hydrogen (secondary N) is 1. The Morgan fingerprint density at radius 2 is 1.86 bits per heavy atom. The number of likely N-dealkylation sites (tertiary alicyclic amines) is 1. The van der Waals surface area contributed by atoms with E-state index in [0.29, 0.717) is 29.7 Å². The van der Waals surface area contributed by atoms with Gasteiger partial charge in [0.1, 0.15) is 5.75 Å². The normalized spacial score (nSPS) is 18.8. The standard InChI is InChI=1S/C23H26N2O3/c1-28-21-13-19(17-5-3-2-4-6-17)9-10-20(21)22(26)24-14-16-11-12-25(15-16)23(27)18-7-8-18/h2-6,9-10,13,16,18H,7-8,11-12,14-15H2,1H3,(H,24,26)/t16-/m0/s1. The third-order valence-electron chi connectivity index (χ3n) is 5.63. The van der Waals surface area contributed by atoms with E-state index < -0.39 is 0 Å². The fraction of sp³-hybridized carbons (Fsp3) is 0.391. The van der Waals surface area contributed by atoms with Crippen LogP contribution in [0.2, 0.25) is 0 Å². The van der Waals surface area contributed by atoms with Gasteiger partial charge in [0.25, 0.3) is 5.91 Å². The van der Waals surface area contributed by atoms with Crippen molar-refractivity contribution in [1.29, 1.82) is 0 Å². The van der Waals surface area contributed by atoms with Crippen molar-refractivity contribution < 1.29 is 14.3 Å². The Morgan fingerprint density at radius 1 is 1.07 bits per heavy atom. The second-order valence-corrected chi connectivity index (χ2v) is 7.70. The Bertz CT molecular complexity index is 861. The van der Waals surface area contributed by atoms with Crippen molar-refractivity contribution in [2.24, 2.45) is 11.8 Å². The Kier molecular flexibility index (Phi) is 5.33. The quantitative estimate of drug-likeness (QED) is 0.839. The number of nitrogens with zero attached hydrogens (tertiary/aromatic N) is 1. The molecular formula is C23H26N2O3. The number of carbonyl (C=O) groups is 2. The van der Waals surface area contributed by atoms with E-state index in [1.54, 1.807) is 7.11 Å². The summed E-state index contributed by atoms with van der Waals surface area (Å²) in [5.74, 6) is 1.31. The van der Waals surface area contributed by atoms with Crippen LogP contribution in [0, 0.1) is 11.8 Å². The zero-order chi connectivity index (χ0) is 19.5. The summed E-state index contributed by atoms with van der Waals surface area (Å²) in [6.45, 7) is 2.14. The average Bonchev–Trinajstić information content (AvgIpc) is 3.49. The molecule has 0 radical (unpaired) electrons. The zero-order valence-corrected chi connectivity index (χ0v) is 16.2. The molecule has 0 bridgehead atoms. The number of rotatable bonds is 6. The van der Waals surface area contributed by atoms with E-state index in [4.69, 9.17) is 4.74 Å². The lowest BCUT2D eigenvalue weighted by molar-refractivity contribution is -0.131. The van der Waals surface area contributed by atoms with Gasteiger partial charge in [-0.15, -0.1) is 0 Å². The number of carbonyl (C=O) groups excluding carboxylic acids is 2. The van der Waals surface area contributed by atoms with Gasteiger partial charge < -0.3 is 15.0 Å². The highest BCUT2D eigenvalue weighted by molar-refractivity contribution is 5.97. The van der Waals surface area contributed by atoms with Crippen LogP contribution in [0.1, 0.15) is 29.6 Å². The van der Waals surface area contributed by atoms with Crippen LogP contribution in [0.15, 0.2) is 48.5 Å². The smallest absolute Gasteiger partial charge is 0.255 e. The van der Waals surface area contributed by atoms with Crippen molar-refractivity contribution in [3.8, 4) is 16.9 Å². The highest BCUT2D eigenvalue weighted by Gasteiger charge is 2.36. The Morgan fingerprint density at radius 3 is 2.57 bits per heavy atom. The van der Waals surface area contributed by atoms with E-state index in [1.165, 1.54) is 0 Å². The summed E-state index contributed by atoms with van der Waals surface area (Å²) in [5.41, 5.74) is 2.63. The first-order valence-corrected chi connectivity index (χ1v) is 9.96. The molecule has 1 saturated heterocycles. The maximum Gasteiger partial charge on any atom is 0.255 e. The average molecular weight is 378 g/mol. The molecular weight excluding hydrogens is 352 g/mol. The molecule has 28 heavy (non-hydrogen) atoms. The summed E-state index contributed by atoms with van der Waals surface area (Å²) in [5, 5.41) is 3.02. The minimum Gasteiger partial charge on any atom is -0.496 e. The van der Waals surface area contributed by atoms with Crippen molar-refractivity contribution in [3.05, 3.63) is 54.1 Å². The van der Waals surface area contributed by atoms with Crippen LogP contribution >= 0.6 is 0 Å². The van der Waals surface area contributed by atoms with Gasteiger partial charge in [0.05, 0.1) is 12.7 Å². The van der Waals surface area contributed by atoms with E-state index in [1.807, 2.05) is 53.4 Å². The molecule has 1 saturated carbocycles. The largest absolute Gasteiger partial charge is 0.496 e. The van der Waals surface area contributed by atoms with Gasteiger partial charge in [-0.25, -0.2) is 0 Å². The first-order valence-electron chi connectivity index (χ1n) is 9.96. The summed E-state index contributed by atoms with van der Waals surface area (Å²) < 4.78 is 5.47. The second kappa shape index (κ2) is 8.05. The van der Waals surface area contributed by atoms with Gasteiger partial charge in [-0.1, -0.05) is 36.4 Å². The number of methoxy groups -OCH3 is 1. The predicted molar refractivity (Wildman–Crippen MR) is 108 cm³/mol. The van der Waals surface area contributed by atoms with Gasteiger partial charge in [0, 0.05) is 25.6 Å². The fourth-order valence-electron chi connectivity index (χ4n) is 3.81. The molecule has 2 aromatic rings. The molecule has 0 unspecified atom stereocenters.